The molecule has 0 bridgehead atoms. The minimum absolute atomic E-state index is 0.113. The summed E-state index contributed by atoms with van der Waals surface area (Å²) in [4.78, 5) is 26.5. The summed E-state index contributed by atoms with van der Waals surface area (Å²) < 4.78 is 5.54. The molecule has 1 saturated heterocycles. The van der Waals surface area contributed by atoms with E-state index in [4.69, 9.17) is 27.9 Å². The monoisotopic (exact) mass is 421 g/mol. The van der Waals surface area contributed by atoms with E-state index in [1.54, 1.807) is 24.3 Å². The van der Waals surface area contributed by atoms with Gasteiger partial charge in [-0.2, -0.15) is 0 Å². The number of nitrogens with zero attached hydrogens (tertiary/aromatic N) is 1. The van der Waals surface area contributed by atoms with Crippen molar-refractivity contribution in [3.63, 3.8) is 0 Å². The first kappa shape index (κ1) is 19.8. The molecular weight excluding hydrogens is 405 g/mol. The van der Waals surface area contributed by atoms with Gasteiger partial charge in [0.25, 0.3) is 11.1 Å². The van der Waals surface area contributed by atoms with Crippen LogP contribution in [0.1, 0.15) is 24.5 Å². The fourth-order valence-corrected chi connectivity index (χ4v) is 3.79. The van der Waals surface area contributed by atoms with Crippen LogP contribution < -0.4 is 4.74 Å². The fourth-order valence-electron chi connectivity index (χ4n) is 2.49. The summed E-state index contributed by atoms with van der Waals surface area (Å²) >= 11 is 13.0. The Labute approximate surface area is 172 Å². The molecule has 27 heavy (non-hydrogen) atoms. The molecule has 1 heterocycles. The smallest absolute Gasteiger partial charge is 0.293 e. The summed E-state index contributed by atoms with van der Waals surface area (Å²) in [6.07, 6.45) is 2.64. The second kappa shape index (κ2) is 8.83. The zero-order chi connectivity index (χ0) is 19.4. The maximum Gasteiger partial charge on any atom is 0.293 e. The number of halogens is 2. The molecule has 2 aromatic carbocycles. The summed E-state index contributed by atoms with van der Waals surface area (Å²) in [5, 5.41) is 0.609. The van der Waals surface area contributed by atoms with Crippen LogP contribution in [-0.2, 0) is 11.3 Å². The highest BCUT2D eigenvalue weighted by Crippen LogP contribution is 2.34. The highest BCUT2D eigenvalue weighted by Gasteiger charge is 2.35. The van der Waals surface area contributed by atoms with Crippen molar-refractivity contribution in [1.82, 2.24) is 4.90 Å². The molecule has 0 N–H and O–H groups in total. The molecule has 0 atom stereocenters. The van der Waals surface area contributed by atoms with E-state index in [1.165, 1.54) is 4.90 Å². The topological polar surface area (TPSA) is 46.6 Å². The Morgan fingerprint density at radius 2 is 1.85 bits per heavy atom. The number of hydrogen-bond acceptors (Lipinski definition) is 4. The molecule has 1 aliphatic heterocycles. The summed E-state index contributed by atoms with van der Waals surface area (Å²) in [7, 11) is 0. The first-order valence-corrected chi connectivity index (χ1v) is 9.97. The van der Waals surface area contributed by atoms with Crippen LogP contribution in [0, 0.1) is 0 Å². The van der Waals surface area contributed by atoms with Crippen molar-refractivity contribution in [3.05, 3.63) is 68.5 Å². The molecule has 0 unspecified atom stereocenters. The summed E-state index contributed by atoms with van der Waals surface area (Å²) in [5.74, 6) is 0.446. The Hall–Kier alpha value is -1.95. The molecule has 0 spiro atoms. The van der Waals surface area contributed by atoms with Crippen molar-refractivity contribution in [2.45, 2.75) is 19.9 Å². The third-order valence-corrected chi connectivity index (χ3v) is 5.36. The number of imide groups is 1. The van der Waals surface area contributed by atoms with Gasteiger partial charge in [0.1, 0.15) is 5.75 Å². The van der Waals surface area contributed by atoms with E-state index >= 15 is 0 Å². The molecular formula is C20H17Cl2NO3S. The molecule has 3 rings (SSSR count). The van der Waals surface area contributed by atoms with E-state index < -0.39 is 0 Å². The lowest BCUT2D eigenvalue weighted by Crippen LogP contribution is -2.27. The van der Waals surface area contributed by atoms with Crippen LogP contribution in [0.3, 0.4) is 0 Å². The van der Waals surface area contributed by atoms with E-state index in [0.29, 0.717) is 27.1 Å². The maximum absolute atomic E-state index is 12.6. The number of thioether (sulfide) groups is 1. The molecule has 2 amide bonds. The SMILES string of the molecule is CCCOc1ccc(C=C2SC(=O)N(Cc3ccc(Cl)cc3Cl)C2=O)cc1. The van der Waals surface area contributed by atoms with Crippen molar-refractivity contribution in [2.75, 3.05) is 6.61 Å². The highest BCUT2D eigenvalue weighted by atomic mass is 35.5. The number of rotatable bonds is 6. The second-order valence-electron chi connectivity index (χ2n) is 5.92. The lowest BCUT2D eigenvalue weighted by molar-refractivity contribution is -0.123. The Bertz CT molecular complexity index is 897. The van der Waals surface area contributed by atoms with Crippen LogP contribution >= 0.6 is 35.0 Å². The number of carbonyl (C=O) groups is 2. The molecule has 7 heteroatoms. The van der Waals surface area contributed by atoms with Gasteiger partial charge in [-0.05, 0) is 59.7 Å². The van der Waals surface area contributed by atoms with E-state index in [2.05, 4.69) is 0 Å². The lowest BCUT2D eigenvalue weighted by Gasteiger charge is -2.13. The van der Waals surface area contributed by atoms with E-state index in [9.17, 15) is 9.59 Å². The van der Waals surface area contributed by atoms with E-state index in [0.717, 1.165) is 29.5 Å². The van der Waals surface area contributed by atoms with Gasteiger partial charge in [-0.3, -0.25) is 14.5 Å². The zero-order valence-electron chi connectivity index (χ0n) is 14.6. The van der Waals surface area contributed by atoms with Crippen molar-refractivity contribution in [1.29, 1.82) is 0 Å². The molecule has 1 aliphatic rings. The number of carbonyl (C=O) groups excluding carboxylic acids is 2. The van der Waals surface area contributed by atoms with Crippen molar-refractivity contribution in [3.8, 4) is 5.75 Å². The number of hydrogen-bond donors (Lipinski definition) is 0. The standard InChI is InChI=1S/C20H17Cl2NO3S/c1-2-9-26-16-7-3-13(4-8-16)10-18-19(24)23(20(25)27-18)12-14-5-6-15(21)11-17(14)22/h3-8,10-11H,2,9,12H2,1H3. The molecule has 4 nitrogen and oxygen atoms in total. The molecule has 0 saturated carbocycles. The predicted octanol–water partition coefficient (Wildman–Crippen LogP) is 6.02. The normalized spacial score (nSPS) is 15.7. The Morgan fingerprint density at radius 3 is 2.52 bits per heavy atom. The molecule has 140 valence electrons. The van der Waals surface area contributed by atoms with Crippen LogP contribution in [0.25, 0.3) is 6.08 Å². The van der Waals surface area contributed by atoms with Gasteiger partial charge in [-0.25, -0.2) is 0 Å². The minimum Gasteiger partial charge on any atom is -0.494 e. The van der Waals surface area contributed by atoms with E-state index in [1.807, 2.05) is 31.2 Å². The fraction of sp³-hybridized carbons (Fsp3) is 0.200. The van der Waals surface area contributed by atoms with Crippen molar-refractivity contribution >= 4 is 52.2 Å². The highest BCUT2D eigenvalue weighted by molar-refractivity contribution is 8.18. The van der Waals surface area contributed by atoms with Gasteiger partial charge < -0.3 is 4.74 Å². The quantitative estimate of drug-likeness (QED) is 0.534. The van der Waals surface area contributed by atoms with Gasteiger partial charge in [0.15, 0.2) is 0 Å². The van der Waals surface area contributed by atoms with Crippen LogP contribution in [0.2, 0.25) is 10.0 Å². The number of amides is 2. The predicted molar refractivity (Wildman–Crippen MR) is 110 cm³/mol. The molecule has 0 aromatic heterocycles. The summed E-state index contributed by atoms with van der Waals surface area (Å²) in [5.41, 5.74) is 1.50. The number of ether oxygens (including phenoxy) is 1. The number of benzene rings is 2. The lowest BCUT2D eigenvalue weighted by atomic mass is 10.2. The first-order valence-electron chi connectivity index (χ1n) is 8.40. The second-order valence-corrected chi connectivity index (χ2v) is 7.76. The van der Waals surface area contributed by atoms with Gasteiger partial charge in [0, 0.05) is 10.0 Å². The van der Waals surface area contributed by atoms with E-state index in [-0.39, 0.29) is 17.7 Å². The van der Waals surface area contributed by atoms with Crippen LogP contribution in [0.5, 0.6) is 5.75 Å². The van der Waals surface area contributed by atoms with Gasteiger partial charge >= 0.3 is 0 Å². The molecule has 0 radical (unpaired) electrons. The molecule has 2 aromatic rings. The first-order chi connectivity index (χ1) is 13.0. The summed E-state index contributed by atoms with van der Waals surface area (Å²) in [6, 6.07) is 12.4. The van der Waals surface area contributed by atoms with Crippen molar-refractivity contribution in [2.24, 2.45) is 0 Å². The zero-order valence-corrected chi connectivity index (χ0v) is 16.9. The maximum atomic E-state index is 12.6. The Kier molecular flexibility index (Phi) is 6.47. The van der Waals surface area contributed by atoms with Gasteiger partial charge in [0.05, 0.1) is 18.1 Å². The van der Waals surface area contributed by atoms with Gasteiger partial charge in [-0.1, -0.05) is 48.3 Å². The molecule has 0 aliphatic carbocycles. The third kappa shape index (κ3) is 4.86. The van der Waals surface area contributed by atoms with Crippen LogP contribution in [-0.4, -0.2) is 22.7 Å². The average molecular weight is 422 g/mol. The third-order valence-electron chi connectivity index (χ3n) is 3.87. The Balaban J connectivity index is 1.74. The van der Waals surface area contributed by atoms with Gasteiger partial charge in [0.2, 0.25) is 0 Å². The average Bonchev–Trinajstić information content (AvgIpc) is 2.90. The van der Waals surface area contributed by atoms with Crippen molar-refractivity contribution < 1.29 is 14.3 Å². The summed E-state index contributed by atoms with van der Waals surface area (Å²) in [6.45, 7) is 2.81. The minimum atomic E-state index is -0.331. The van der Waals surface area contributed by atoms with Gasteiger partial charge in [-0.15, -0.1) is 0 Å². The van der Waals surface area contributed by atoms with Crippen LogP contribution in [0.4, 0.5) is 4.79 Å². The molecule has 1 fully saturated rings. The van der Waals surface area contributed by atoms with Crippen LogP contribution in [0.15, 0.2) is 47.4 Å². The largest absolute Gasteiger partial charge is 0.494 e. The Morgan fingerprint density at radius 1 is 1.11 bits per heavy atom.